The van der Waals surface area contributed by atoms with Gasteiger partial charge in [0.25, 0.3) is 0 Å². The Labute approximate surface area is 203 Å². The van der Waals surface area contributed by atoms with Gasteiger partial charge in [-0.3, -0.25) is 4.79 Å². The molecule has 0 spiro atoms. The number of aliphatic hydroxyl groups is 1. The molecule has 2 heterocycles. The van der Waals surface area contributed by atoms with Gasteiger partial charge in [0.05, 0.1) is 30.8 Å². The van der Waals surface area contributed by atoms with Crippen LogP contribution in [-0.4, -0.2) is 66.4 Å². The Kier molecular flexibility index (Phi) is 10.6. The minimum absolute atomic E-state index is 0.154. The van der Waals surface area contributed by atoms with Crippen molar-refractivity contribution in [3.63, 3.8) is 0 Å². The van der Waals surface area contributed by atoms with E-state index in [1.165, 1.54) is 0 Å². The highest BCUT2D eigenvalue weighted by atomic mass is 16.7. The molecule has 0 bridgehead atoms. The van der Waals surface area contributed by atoms with E-state index in [0.29, 0.717) is 38.4 Å². The van der Waals surface area contributed by atoms with E-state index in [-0.39, 0.29) is 19.0 Å². The van der Waals surface area contributed by atoms with Crippen molar-refractivity contribution in [2.45, 2.75) is 115 Å². The molecule has 1 saturated carbocycles. The van der Waals surface area contributed by atoms with Crippen LogP contribution in [-0.2, 0) is 28.5 Å². The number of ether oxygens (including phenoxy) is 5. The van der Waals surface area contributed by atoms with Crippen molar-refractivity contribution in [2.75, 3.05) is 19.8 Å². The molecule has 2 aliphatic heterocycles. The molecule has 3 aliphatic rings. The topological polar surface area (TPSA) is 104 Å². The Balaban J connectivity index is 1.86. The molecule has 0 aromatic heterocycles. The Hall–Kier alpha value is -1.19. The predicted molar refractivity (Wildman–Crippen MR) is 126 cm³/mol. The quantitative estimate of drug-likeness (QED) is 0.393. The summed E-state index contributed by atoms with van der Waals surface area (Å²) < 4.78 is 30.4. The third-order valence-electron chi connectivity index (χ3n) is 6.93. The molecule has 0 aromatic carbocycles. The number of carbonyl (C=O) groups is 1. The van der Waals surface area contributed by atoms with Gasteiger partial charge in [0.1, 0.15) is 5.76 Å². The van der Waals surface area contributed by atoms with Crippen LogP contribution in [0.5, 0.6) is 0 Å². The first-order valence-corrected chi connectivity index (χ1v) is 13.1. The molecule has 2 unspecified atom stereocenters. The zero-order valence-electron chi connectivity index (χ0n) is 21.1. The standard InChI is InChI=1S/C26H44O8/c1-4-13-32-26(2,3)12-11-20(33-23-9-5-7-14-30-23)25-18(16-22(28)29)19(27)17-21(25)34-24-10-6-8-15-31-24/h11,18-19,21,23-25,27H,4-10,12-17H2,1-3H3,(H,28,29)/t18-,19-,21-,23?,24?,25-/m0/s1. The zero-order chi connectivity index (χ0) is 24.6. The minimum Gasteiger partial charge on any atom is -0.481 e. The Bertz CT molecular complexity index is 651. The molecule has 3 fully saturated rings. The lowest BCUT2D eigenvalue weighted by Gasteiger charge is -2.34. The van der Waals surface area contributed by atoms with Crippen LogP contribution in [0.2, 0.25) is 0 Å². The number of aliphatic hydroxyl groups excluding tert-OH is 1. The van der Waals surface area contributed by atoms with E-state index < -0.39 is 35.6 Å². The maximum atomic E-state index is 11.7. The molecule has 1 aliphatic carbocycles. The molecule has 0 radical (unpaired) electrons. The summed E-state index contributed by atoms with van der Waals surface area (Å²) in [7, 11) is 0. The van der Waals surface area contributed by atoms with Gasteiger partial charge in [-0.25, -0.2) is 0 Å². The molecular formula is C26H44O8. The third-order valence-corrected chi connectivity index (χ3v) is 6.93. The highest BCUT2D eigenvalue weighted by Gasteiger charge is 2.48. The average molecular weight is 485 g/mol. The van der Waals surface area contributed by atoms with Crippen LogP contribution in [0, 0.1) is 11.8 Å². The molecular weight excluding hydrogens is 440 g/mol. The second-order valence-corrected chi connectivity index (χ2v) is 10.4. The molecule has 2 saturated heterocycles. The zero-order valence-corrected chi connectivity index (χ0v) is 21.1. The van der Waals surface area contributed by atoms with Gasteiger partial charge < -0.3 is 33.9 Å². The van der Waals surface area contributed by atoms with Crippen molar-refractivity contribution in [1.29, 1.82) is 0 Å². The summed E-state index contributed by atoms with van der Waals surface area (Å²) in [5.41, 5.74) is -0.402. The molecule has 196 valence electrons. The van der Waals surface area contributed by atoms with Crippen LogP contribution in [0.4, 0.5) is 0 Å². The summed E-state index contributed by atoms with van der Waals surface area (Å²) in [6.45, 7) is 8.11. The van der Waals surface area contributed by atoms with E-state index in [2.05, 4.69) is 6.92 Å². The van der Waals surface area contributed by atoms with Crippen LogP contribution in [0.25, 0.3) is 0 Å². The highest BCUT2D eigenvalue weighted by Crippen LogP contribution is 2.44. The van der Waals surface area contributed by atoms with Crippen LogP contribution < -0.4 is 0 Å². The van der Waals surface area contributed by atoms with E-state index in [0.717, 1.165) is 44.9 Å². The Morgan fingerprint density at radius 3 is 2.35 bits per heavy atom. The van der Waals surface area contributed by atoms with E-state index in [1.807, 2.05) is 19.9 Å². The van der Waals surface area contributed by atoms with Crippen molar-refractivity contribution in [3.8, 4) is 0 Å². The summed E-state index contributed by atoms with van der Waals surface area (Å²) in [6, 6.07) is 0. The van der Waals surface area contributed by atoms with Gasteiger partial charge in [0.15, 0.2) is 12.6 Å². The number of carboxylic acids is 1. The third kappa shape index (κ3) is 8.19. The normalized spacial score (nSPS) is 33.1. The van der Waals surface area contributed by atoms with Crippen molar-refractivity contribution in [1.82, 2.24) is 0 Å². The molecule has 34 heavy (non-hydrogen) atoms. The number of hydrogen-bond donors (Lipinski definition) is 2. The lowest BCUT2D eigenvalue weighted by atomic mass is 9.87. The fraction of sp³-hybridized carbons (Fsp3) is 0.885. The van der Waals surface area contributed by atoms with Crippen molar-refractivity contribution < 1.29 is 38.7 Å². The summed E-state index contributed by atoms with van der Waals surface area (Å²) in [5.74, 6) is -1.21. The summed E-state index contributed by atoms with van der Waals surface area (Å²) in [6.07, 6.45) is 7.46. The monoisotopic (exact) mass is 484 g/mol. The van der Waals surface area contributed by atoms with Gasteiger partial charge in [-0.15, -0.1) is 0 Å². The van der Waals surface area contributed by atoms with Gasteiger partial charge in [-0.1, -0.05) is 6.92 Å². The SMILES string of the molecule is CCCOC(C)(C)CC=C(OC1CCCCO1)[C@@H]1[C@@H](CC(=O)O)[C@@H](O)C[C@@H]1OC1CCCCO1. The second-order valence-electron chi connectivity index (χ2n) is 10.4. The van der Waals surface area contributed by atoms with Gasteiger partial charge in [0, 0.05) is 37.9 Å². The molecule has 6 atom stereocenters. The minimum atomic E-state index is -0.941. The molecule has 0 amide bonds. The van der Waals surface area contributed by atoms with Crippen molar-refractivity contribution in [3.05, 3.63) is 11.8 Å². The predicted octanol–water partition coefficient (Wildman–Crippen LogP) is 4.39. The maximum absolute atomic E-state index is 11.7. The van der Waals surface area contributed by atoms with E-state index in [4.69, 9.17) is 23.7 Å². The number of aliphatic carboxylic acids is 1. The van der Waals surface area contributed by atoms with E-state index in [1.54, 1.807) is 0 Å². The van der Waals surface area contributed by atoms with Gasteiger partial charge in [-0.2, -0.15) is 0 Å². The number of rotatable bonds is 12. The van der Waals surface area contributed by atoms with E-state index in [9.17, 15) is 15.0 Å². The van der Waals surface area contributed by atoms with Crippen LogP contribution in [0.3, 0.4) is 0 Å². The fourth-order valence-electron chi connectivity index (χ4n) is 5.09. The van der Waals surface area contributed by atoms with E-state index >= 15 is 0 Å². The molecule has 2 N–H and O–H groups in total. The van der Waals surface area contributed by atoms with Crippen LogP contribution >= 0.6 is 0 Å². The van der Waals surface area contributed by atoms with Gasteiger partial charge in [0.2, 0.25) is 0 Å². The largest absolute Gasteiger partial charge is 0.481 e. The molecule has 8 heteroatoms. The Morgan fingerprint density at radius 1 is 1.09 bits per heavy atom. The summed E-state index contributed by atoms with van der Waals surface area (Å²) in [5, 5.41) is 20.5. The first-order valence-electron chi connectivity index (χ1n) is 13.1. The molecule has 8 nitrogen and oxygen atoms in total. The number of hydrogen-bond acceptors (Lipinski definition) is 7. The van der Waals surface area contributed by atoms with Crippen LogP contribution in [0.15, 0.2) is 11.8 Å². The maximum Gasteiger partial charge on any atom is 0.303 e. The van der Waals surface area contributed by atoms with Gasteiger partial charge >= 0.3 is 5.97 Å². The second kappa shape index (κ2) is 13.2. The van der Waals surface area contributed by atoms with Crippen molar-refractivity contribution in [2.24, 2.45) is 11.8 Å². The first-order chi connectivity index (χ1) is 16.3. The van der Waals surface area contributed by atoms with Crippen LogP contribution in [0.1, 0.15) is 85.0 Å². The van der Waals surface area contributed by atoms with Gasteiger partial charge in [-0.05, 0) is 64.9 Å². The lowest BCUT2D eigenvalue weighted by molar-refractivity contribution is -0.201. The Morgan fingerprint density at radius 2 is 1.76 bits per heavy atom. The summed E-state index contributed by atoms with van der Waals surface area (Å²) in [4.78, 5) is 11.7. The number of carboxylic acid groups (broad SMARTS) is 1. The molecule has 0 aromatic rings. The lowest BCUT2D eigenvalue weighted by Crippen LogP contribution is -2.35. The smallest absolute Gasteiger partial charge is 0.303 e. The fourth-order valence-corrected chi connectivity index (χ4v) is 5.09. The average Bonchev–Trinajstić information content (AvgIpc) is 3.10. The summed E-state index contributed by atoms with van der Waals surface area (Å²) >= 11 is 0. The molecule has 3 rings (SSSR count). The van der Waals surface area contributed by atoms with Crippen molar-refractivity contribution >= 4 is 5.97 Å². The highest BCUT2D eigenvalue weighted by molar-refractivity contribution is 5.67. The first kappa shape index (κ1) is 27.4.